The maximum absolute atomic E-state index is 11.9. The number of aliphatic hydroxyl groups excluding tert-OH is 1. The van der Waals surface area contributed by atoms with Gasteiger partial charge in [-0.15, -0.1) is 11.3 Å². The highest BCUT2D eigenvalue weighted by atomic mass is 32.1. The first-order chi connectivity index (χ1) is 10.5. The Kier molecular flexibility index (Phi) is 6.23. The lowest BCUT2D eigenvalue weighted by molar-refractivity contribution is 0.0337. The van der Waals surface area contributed by atoms with E-state index in [2.05, 4.69) is 30.5 Å². The first kappa shape index (κ1) is 17.2. The van der Waals surface area contributed by atoms with Gasteiger partial charge in [0.2, 0.25) is 0 Å². The van der Waals surface area contributed by atoms with Crippen LogP contribution in [0.4, 0.5) is 4.79 Å². The van der Waals surface area contributed by atoms with E-state index in [1.165, 1.54) is 22.6 Å². The van der Waals surface area contributed by atoms with Crippen LogP contribution >= 0.6 is 11.3 Å². The summed E-state index contributed by atoms with van der Waals surface area (Å²) < 4.78 is 5.40. The van der Waals surface area contributed by atoms with Crippen LogP contribution in [-0.2, 0) is 4.74 Å². The second-order valence-electron chi connectivity index (χ2n) is 6.08. The van der Waals surface area contributed by atoms with Gasteiger partial charge in [-0.05, 0) is 51.2 Å². The molecule has 1 aromatic heterocycles. The molecule has 22 heavy (non-hydrogen) atoms. The van der Waals surface area contributed by atoms with E-state index in [0.717, 1.165) is 12.2 Å². The summed E-state index contributed by atoms with van der Waals surface area (Å²) in [7, 11) is 0. The van der Waals surface area contributed by atoms with Gasteiger partial charge in [0.1, 0.15) is 0 Å². The Balaban J connectivity index is 1.64. The standard InChI is InChI=1S/C16H26N2O3S/c1-10-6-15(12(3)22-10)11(2)18-16(20)17-7-14(19)9-21-8-13-4-5-13/h6,11,13-14,19H,4-5,7-9H2,1-3H3,(H2,17,18,20). The molecule has 0 bridgehead atoms. The van der Waals surface area contributed by atoms with Crippen LogP contribution in [0.2, 0.25) is 0 Å². The molecule has 6 heteroatoms. The molecule has 2 rings (SSSR count). The number of ether oxygens (including phenoxy) is 1. The van der Waals surface area contributed by atoms with Gasteiger partial charge in [-0.3, -0.25) is 0 Å². The van der Waals surface area contributed by atoms with Gasteiger partial charge in [-0.2, -0.15) is 0 Å². The molecule has 2 unspecified atom stereocenters. The Morgan fingerprint density at radius 1 is 1.50 bits per heavy atom. The van der Waals surface area contributed by atoms with Crippen molar-refractivity contribution in [3.05, 3.63) is 21.4 Å². The fraction of sp³-hybridized carbons (Fsp3) is 0.688. The number of aryl methyl sites for hydroxylation is 2. The van der Waals surface area contributed by atoms with E-state index in [4.69, 9.17) is 4.74 Å². The van der Waals surface area contributed by atoms with Crippen LogP contribution in [0.5, 0.6) is 0 Å². The fourth-order valence-corrected chi connectivity index (χ4v) is 3.35. The monoisotopic (exact) mass is 326 g/mol. The predicted octanol–water partition coefficient (Wildman–Crippen LogP) is 2.51. The molecule has 2 amide bonds. The molecule has 1 aliphatic rings. The topological polar surface area (TPSA) is 70.6 Å². The number of thiophene rings is 1. The number of carbonyl (C=O) groups is 1. The average Bonchev–Trinajstić information content (AvgIpc) is 3.20. The molecule has 1 aliphatic carbocycles. The zero-order valence-corrected chi connectivity index (χ0v) is 14.3. The largest absolute Gasteiger partial charge is 0.389 e. The number of hydrogen-bond acceptors (Lipinski definition) is 4. The van der Waals surface area contributed by atoms with E-state index >= 15 is 0 Å². The van der Waals surface area contributed by atoms with E-state index in [-0.39, 0.29) is 25.2 Å². The summed E-state index contributed by atoms with van der Waals surface area (Å²) >= 11 is 1.73. The zero-order valence-electron chi connectivity index (χ0n) is 13.5. The van der Waals surface area contributed by atoms with Crippen LogP contribution in [0.15, 0.2) is 6.07 Å². The number of rotatable bonds is 8. The molecule has 1 aromatic rings. The first-order valence-electron chi connectivity index (χ1n) is 7.82. The summed E-state index contributed by atoms with van der Waals surface area (Å²) in [4.78, 5) is 14.3. The minimum absolute atomic E-state index is 0.0480. The number of hydrogen-bond donors (Lipinski definition) is 3. The third kappa shape index (κ3) is 5.59. The second-order valence-corrected chi connectivity index (χ2v) is 7.54. The molecule has 2 atom stereocenters. The van der Waals surface area contributed by atoms with E-state index in [1.54, 1.807) is 11.3 Å². The highest BCUT2D eigenvalue weighted by Crippen LogP contribution is 2.28. The van der Waals surface area contributed by atoms with Gasteiger partial charge >= 0.3 is 6.03 Å². The van der Waals surface area contributed by atoms with Crippen LogP contribution in [-0.4, -0.2) is 37.0 Å². The smallest absolute Gasteiger partial charge is 0.315 e. The van der Waals surface area contributed by atoms with Crippen molar-refractivity contribution in [1.29, 1.82) is 0 Å². The number of carbonyl (C=O) groups excluding carboxylic acids is 1. The third-order valence-electron chi connectivity index (χ3n) is 3.75. The second kappa shape index (κ2) is 7.94. The normalized spacial score (nSPS) is 17.1. The van der Waals surface area contributed by atoms with Gasteiger partial charge in [0.15, 0.2) is 0 Å². The molecule has 5 nitrogen and oxygen atoms in total. The molecule has 124 valence electrons. The number of nitrogens with one attached hydrogen (secondary N) is 2. The molecular weight excluding hydrogens is 300 g/mol. The Hall–Kier alpha value is -1.11. The Labute approximate surface area is 136 Å². The van der Waals surface area contributed by atoms with Crippen LogP contribution in [0, 0.1) is 19.8 Å². The molecule has 0 aliphatic heterocycles. The molecule has 0 spiro atoms. The number of urea groups is 1. The molecule has 1 saturated carbocycles. The third-order valence-corrected chi connectivity index (χ3v) is 4.73. The molecule has 1 fully saturated rings. The molecule has 1 heterocycles. The summed E-state index contributed by atoms with van der Waals surface area (Å²) in [6.45, 7) is 7.27. The average molecular weight is 326 g/mol. The summed E-state index contributed by atoms with van der Waals surface area (Å²) in [6.07, 6.45) is 1.80. The summed E-state index contributed by atoms with van der Waals surface area (Å²) in [6, 6.07) is 1.79. The zero-order chi connectivity index (χ0) is 16.1. The quantitative estimate of drug-likeness (QED) is 0.687. The van der Waals surface area contributed by atoms with Gasteiger partial charge in [0.25, 0.3) is 0 Å². The maximum atomic E-state index is 11.9. The maximum Gasteiger partial charge on any atom is 0.315 e. The van der Waals surface area contributed by atoms with Crippen LogP contribution < -0.4 is 10.6 Å². The van der Waals surface area contributed by atoms with Crippen molar-refractivity contribution in [2.24, 2.45) is 5.92 Å². The highest BCUT2D eigenvalue weighted by molar-refractivity contribution is 7.12. The van der Waals surface area contributed by atoms with Crippen molar-refractivity contribution >= 4 is 17.4 Å². The highest BCUT2D eigenvalue weighted by Gasteiger charge is 2.21. The lowest BCUT2D eigenvalue weighted by atomic mass is 10.1. The summed E-state index contributed by atoms with van der Waals surface area (Å²) in [5, 5.41) is 15.3. The lowest BCUT2D eigenvalue weighted by Crippen LogP contribution is -2.41. The molecule has 0 saturated heterocycles. The fourth-order valence-electron chi connectivity index (χ4n) is 2.33. The van der Waals surface area contributed by atoms with Gasteiger partial charge in [0.05, 0.1) is 18.8 Å². The molecule has 0 radical (unpaired) electrons. The van der Waals surface area contributed by atoms with Gasteiger partial charge in [0, 0.05) is 22.9 Å². The van der Waals surface area contributed by atoms with Crippen LogP contribution in [0.25, 0.3) is 0 Å². The van der Waals surface area contributed by atoms with Crippen LogP contribution in [0.1, 0.15) is 41.1 Å². The van der Waals surface area contributed by atoms with Gasteiger partial charge < -0.3 is 20.5 Å². The summed E-state index contributed by atoms with van der Waals surface area (Å²) in [5.74, 6) is 0.682. The van der Waals surface area contributed by atoms with Crippen molar-refractivity contribution in [2.75, 3.05) is 19.8 Å². The Morgan fingerprint density at radius 2 is 2.23 bits per heavy atom. The van der Waals surface area contributed by atoms with E-state index in [0.29, 0.717) is 5.92 Å². The number of amides is 2. The molecular formula is C16H26N2O3S. The first-order valence-corrected chi connectivity index (χ1v) is 8.64. The minimum Gasteiger partial charge on any atom is -0.389 e. The van der Waals surface area contributed by atoms with E-state index in [1.807, 2.05) is 6.92 Å². The van der Waals surface area contributed by atoms with Crippen molar-refractivity contribution in [3.8, 4) is 0 Å². The van der Waals surface area contributed by atoms with E-state index < -0.39 is 6.10 Å². The van der Waals surface area contributed by atoms with Crippen molar-refractivity contribution in [3.63, 3.8) is 0 Å². The lowest BCUT2D eigenvalue weighted by Gasteiger charge is -2.16. The minimum atomic E-state index is -0.662. The van der Waals surface area contributed by atoms with E-state index in [9.17, 15) is 9.90 Å². The molecule has 3 N–H and O–H groups in total. The van der Waals surface area contributed by atoms with Crippen molar-refractivity contribution in [1.82, 2.24) is 10.6 Å². The Morgan fingerprint density at radius 3 is 2.82 bits per heavy atom. The molecule has 0 aromatic carbocycles. The van der Waals surface area contributed by atoms with Gasteiger partial charge in [-0.25, -0.2) is 4.79 Å². The van der Waals surface area contributed by atoms with Gasteiger partial charge in [-0.1, -0.05) is 0 Å². The number of aliphatic hydroxyl groups is 1. The summed E-state index contributed by atoms with van der Waals surface area (Å²) in [5.41, 5.74) is 1.14. The predicted molar refractivity (Wildman–Crippen MR) is 88.3 cm³/mol. The van der Waals surface area contributed by atoms with Crippen molar-refractivity contribution in [2.45, 2.75) is 45.8 Å². The van der Waals surface area contributed by atoms with Crippen LogP contribution in [0.3, 0.4) is 0 Å². The Bertz CT molecular complexity index is 500. The SMILES string of the molecule is Cc1cc(C(C)NC(=O)NCC(O)COCC2CC2)c(C)s1. The van der Waals surface area contributed by atoms with Crippen molar-refractivity contribution < 1.29 is 14.6 Å².